The molecular weight excluding hydrogens is 446 g/mol. The van der Waals surface area contributed by atoms with E-state index in [9.17, 15) is 0 Å². The standard InChI is InChI=1S/C7H16.2C6H10N2O.C6H15NS.CH4/c1-6(2)7(3,4)5;1-4(2)6-8-7-5(3)9-6;1-4(2)6-7-5(3)8-9-6;1-6(2)7-8(3,4)5;/h6H,1-5H3;2*4H,1-3H3;6H,3H2,1-2,4-5H3;1H4. The minimum Gasteiger partial charge on any atom is -0.425 e. The molecule has 2 aromatic rings. The van der Waals surface area contributed by atoms with Crippen LogP contribution in [0.2, 0.25) is 0 Å². The summed E-state index contributed by atoms with van der Waals surface area (Å²) in [5.41, 5.74) is 0.500. The molecule has 0 aromatic carbocycles. The normalized spacial score (nSPS) is 11.1. The fourth-order valence-corrected chi connectivity index (χ4v) is 2.80. The van der Waals surface area contributed by atoms with Gasteiger partial charge in [0.1, 0.15) is 0 Å². The second-order valence-corrected chi connectivity index (χ2v) is 14.0. The smallest absolute Gasteiger partial charge is 0.229 e. The Labute approximate surface area is 211 Å². The minimum absolute atomic E-state index is 0. The van der Waals surface area contributed by atoms with E-state index in [1.54, 1.807) is 6.92 Å². The molecular formula is C26H55N5O2S. The fourth-order valence-electron chi connectivity index (χ4n) is 1.66. The van der Waals surface area contributed by atoms with Gasteiger partial charge in [0.05, 0.1) is 6.04 Å². The van der Waals surface area contributed by atoms with E-state index < -0.39 is 9.41 Å². The first-order valence-electron chi connectivity index (χ1n) is 11.6. The predicted molar refractivity (Wildman–Crippen MR) is 151 cm³/mol. The summed E-state index contributed by atoms with van der Waals surface area (Å²) in [6, 6.07) is 0.442. The third-order valence-corrected chi connectivity index (χ3v) is 5.29. The van der Waals surface area contributed by atoms with Gasteiger partial charge < -0.3 is 8.94 Å². The highest BCUT2D eigenvalue weighted by Gasteiger charge is 2.13. The Bertz CT molecular complexity index is 829. The molecule has 0 saturated heterocycles. The summed E-state index contributed by atoms with van der Waals surface area (Å²) in [6.45, 7) is 27.1. The number of nitrogens with zero attached hydrogens (tertiary/aromatic N) is 5. The van der Waals surface area contributed by atoms with Crippen molar-refractivity contribution >= 4 is 15.3 Å². The number of aromatic nitrogens is 4. The number of rotatable bonds is 3. The first kappa shape index (κ1) is 36.9. The molecule has 0 aliphatic carbocycles. The first-order chi connectivity index (χ1) is 14.8. The van der Waals surface area contributed by atoms with Gasteiger partial charge in [0.15, 0.2) is 5.82 Å². The largest absolute Gasteiger partial charge is 0.425 e. The molecule has 0 N–H and O–H groups in total. The fraction of sp³-hybridized carbons (Fsp3) is 0.808. The molecule has 202 valence electrons. The summed E-state index contributed by atoms with van der Waals surface area (Å²) in [5.74, 6) is 8.18. The molecule has 2 aromatic heterocycles. The number of hydrogen-bond donors (Lipinski definition) is 0. The van der Waals surface area contributed by atoms with Crippen molar-refractivity contribution in [3.05, 3.63) is 23.5 Å². The first-order valence-corrected chi connectivity index (χ1v) is 14.2. The van der Waals surface area contributed by atoms with Crippen LogP contribution in [0.1, 0.15) is 119 Å². The van der Waals surface area contributed by atoms with E-state index in [2.05, 4.69) is 91.5 Å². The van der Waals surface area contributed by atoms with Crippen molar-refractivity contribution < 1.29 is 8.94 Å². The highest BCUT2D eigenvalue weighted by Crippen LogP contribution is 2.23. The number of aryl methyl sites for hydroxylation is 2. The SMILES string of the molecule is C.C=S(C)(C)=NC(C)C.CC(C)C(C)(C)C.Cc1nnc(C(C)C)o1.Cc1noc(C(C)C)n1. The van der Waals surface area contributed by atoms with Gasteiger partial charge in [-0.05, 0) is 44.6 Å². The van der Waals surface area contributed by atoms with Gasteiger partial charge in [-0.1, -0.05) is 80.8 Å². The topological polar surface area (TPSA) is 90.2 Å². The summed E-state index contributed by atoms with van der Waals surface area (Å²) in [5, 5.41) is 11.2. The lowest BCUT2D eigenvalue weighted by Crippen LogP contribution is -2.12. The third kappa shape index (κ3) is 20.9. The van der Waals surface area contributed by atoms with E-state index in [4.69, 9.17) is 8.94 Å². The minimum atomic E-state index is -0.848. The van der Waals surface area contributed by atoms with Gasteiger partial charge >= 0.3 is 0 Å². The zero-order valence-corrected chi connectivity index (χ0v) is 24.8. The summed E-state index contributed by atoms with van der Waals surface area (Å²) in [7, 11) is -0.848. The Hall–Kier alpha value is -1.70. The van der Waals surface area contributed by atoms with E-state index in [1.807, 2.05) is 34.6 Å². The Kier molecular flexibility index (Phi) is 18.3. The van der Waals surface area contributed by atoms with Crippen LogP contribution in [0.15, 0.2) is 13.3 Å². The second-order valence-electron chi connectivity index (χ2n) is 10.8. The molecule has 8 heteroatoms. The van der Waals surface area contributed by atoms with Gasteiger partial charge in [-0.3, -0.25) is 4.36 Å². The Balaban J connectivity index is -0.000000376. The van der Waals surface area contributed by atoms with Crippen molar-refractivity contribution in [3.8, 4) is 0 Å². The molecule has 0 spiro atoms. The van der Waals surface area contributed by atoms with Crippen LogP contribution in [0.4, 0.5) is 0 Å². The Morgan fingerprint density at radius 3 is 1.41 bits per heavy atom. The monoisotopic (exact) mass is 501 g/mol. The molecule has 2 heterocycles. The van der Waals surface area contributed by atoms with Crippen molar-refractivity contribution in [3.63, 3.8) is 0 Å². The summed E-state index contributed by atoms with van der Waals surface area (Å²) < 4.78 is 14.4. The van der Waals surface area contributed by atoms with Crippen LogP contribution in [0, 0.1) is 25.2 Å². The van der Waals surface area contributed by atoms with E-state index >= 15 is 0 Å². The van der Waals surface area contributed by atoms with E-state index in [-0.39, 0.29) is 7.43 Å². The van der Waals surface area contributed by atoms with Gasteiger partial charge in [-0.25, -0.2) is 0 Å². The lowest BCUT2D eigenvalue weighted by atomic mass is 9.84. The molecule has 0 bridgehead atoms. The van der Waals surface area contributed by atoms with Gasteiger partial charge in [-0.2, -0.15) is 4.98 Å². The number of hydrogen-bond acceptors (Lipinski definition) is 7. The van der Waals surface area contributed by atoms with Crippen LogP contribution in [0.5, 0.6) is 0 Å². The average Bonchev–Trinajstić information content (AvgIpc) is 3.22. The Morgan fingerprint density at radius 1 is 0.853 bits per heavy atom. The highest BCUT2D eigenvalue weighted by molar-refractivity contribution is 8.01. The molecule has 0 aliphatic rings. The van der Waals surface area contributed by atoms with Gasteiger partial charge in [0, 0.05) is 18.8 Å². The van der Waals surface area contributed by atoms with E-state index in [0.29, 0.717) is 46.8 Å². The molecule has 2 rings (SSSR count). The zero-order valence-electron chi connectivity index (χ0n) is 24.0. The predicted octanol–water partition coefficient (Wildman–Crippen LogP) is 7.75. The molecule has 0 amide bonds. The van der Waals surface area contributed by atoms with Crippen LogP contribution < -0.4 is 0 Å². The molecule has 7 nitrogen and oxygen atoms in total. The van der Waals surface area contributed by atoms with Crippen molar-refractivity contribution in [2.24, 2.45) is 15.7 Å². The van der Waals surface area contributed by atoms with Crippen LogP contribution in [0.3, 0.4) is 0 Å². The second kappa shape index (κ2) is 16.8. The summed E-state index contributed by atoms with van der Waals surface area (Å²) >= 11 is 0. The quantitative estimate of drug-likeness (QED) is 0.399. The maximum Gasteiger partial charge on any atom is 0.229 e. The summed E-state index contributed by atoms with van der Waals surface area (Å²) in [6.07, 6.45) is 4.18. The van der Waals surface area contributed by atoms with E-state index in [0.717, 1.165) is 5.92 Å². The van der Waals surface area contributed by atoms with Crippen molar-refractivity contribution in [1.82, 2.24) is 20.3 Å². The highest BCUT2D eigenvalue weighted by atomic mass is 32.2. The molecule has 0 fully saturated rings. The van der Waals surface area contributed by atoms with Crippen molar-refractivity contribution in [2.75, 3.05) is 12.5 Å². The molecule has 34 heavy (non-hydrogen) atoms. The Morgan fingerprint density at radius 2 is 1.29 bits per heavy atom. The van der Waals surface area contributed by atoms with Crippen LogP contribution in [0.25, 0.3) is 0 Å². The lowest BCUT2D eigenvalue weighted by molar-refractivity contribution is 0.283. The average molecular weight is 502 g/mol. The van der Waals surface area contributed by atoms with Gasteiger partial charge in [0.2, 0.25) is 17.7 Å². The summed E-state index contributed by atoms with van der Waals surface area (Å²) in [4.78, 5) is 4.03. The lowest BCUT2D eigenvalue weighted by Gasteiger charge is -2.22. The van der Waals surface area contributed by atoms with Gasteiger partial charge in [-0.15, -0.1) is 19.6 Å². The molecule has 0 atom stereocenters. The maximum atomic E-state index is 5.12. The molecule has 0 unspecified atom stereocenters. The third-order valence-electron chi connectivity index (χ3n) is 4.30. The van der Waals surface area contributed by atoms with Crippen LogP contribution in [-0.2, 0) is 9.41 Å². The van der Waals surface area contributed by atoms with E-state index in [1.165, 1.54) is 0 Å². The van der Waals surface area contributed by atoms with Crippen molar-refractivity contribution in [1.29, 1.82) is 0 Å². The van der Waals surface area contributed by atoms with Gasteiger partial charge in [0.25, 0.3) is 0 Å². The van der Waals surface area contributed by atoms with Crippen LogP contribution in [-0.4, -0.2) is 44.8 Å². The van der Waals surface area contributed by atoms with Crippen LogP contribution >= 0.6 is 0 Å². The van der Waals surface area contributed by atoms with Crippen molar-refractivity contribution in [2.45, 2.75) is 115 Å². The molecule has 0 aliphatic heterocycles. The zero-order chi connectivity index (χ0) is 26.6. The molecule has 0 saturated carbocycles. The molecule has 0 radical (unpaired) electrons. The maximum absolute atomic E-state index is 5.12.